The van der Waals surface area contributed by atoms with Crippen LogP contribution in [0.1, 0.15) is 0 Å². The third kappa shape index (κ3) is 7.88. The first-order chi connectivity index (χ1) is 21.7. The van der Waals surface area contributed by atoms with Gasteiger partial charge in [0.2, 0.25) is 0 Å². The second kappa shape index (κ2) is 17.0. The van der Waals surface area contributed by atoms with E-state index in [0.29, 0.717) is 0 Å². The van der Waals surface area contributed by atoms with E-state index in [9.17, 15) is 0 Å². The van der Waals surface area contributed by atoms with Crippen LogP contribution in [0.3, 0.4) is 0 Å². The summed E-state index contributed by atoms with van der Waals surface area (Å²) in [6.07, 6.45) is 0. The van der Waals surface area contributed by atoms with Crippen LogP contribution < -0.4 is 50.8 Å². The summed E-state index contributed by atoms with van der Waals surface area (Å²) in [6.45, 7) is 0. The molecule has 0 spiro atoms. The van der Waals surface area contributed by atoms with Crippen molar-refractivity contribution in [3.05, 3.63) is 146 Å². The molecule has 0 bridgehead atoms. The third-order valence-electron chi connectivity index (χ3n) is 7.11. The quantitative estimate of drug-likeness (QED) is 0.0964. The van der Waals surface area contributed by atoms with E-state index >= 15 is 0 Å². The molecule has 0 amide bonds. The van der Waals surface area contributed by atoms with Gasteiger partial charge in [-0.05, 0) is 40.1 Å². The molecule has 0 aliphatic rings. The zero-order chi connectivity index (χ0) is 30.7. The van der Waals surface area contributed by atoms with E-state index in [4.69, 9.17) is 18.9 Å². The van der Waals surface area contributed by atoms with Crippen molar-refractivity contribution in [2.75, 3.05) is 28.4 Å². The number of methoxy groups -OCH3 is 4. The van der Waals surface area contributed by atoms with Crippen LogP contribution in [0.5, 0.6) is 23.0 Å². The fraction of sp³-hybridized carbons (Fsp3) is 0.105. The van der Waals surface area contributed by atoms with Gasteiger partial charge in [0.05, 0.1) is 28.4 Å². The summed E-state index contributed by atoms with van der Waals surface area (Å²) in [5.41, 5.74) is 0. The molecular weight excluding hydrogens is 638 g/mol. The maximum atomic E-state index is 5.59. The van der Waals surface area contributed by atoms with Crippen molar-refractivity contribution in [1.82, 2.24) is 0 Å². The zero-order valence-corrected chi connectivity index (χ0v) is 28.6. The van der Waals surface area contributed by atoms with E-state index in [0.717, 1.165) is 23.0 Å². The topological polar surface area (TPSA) is 36.9 Å². The van der Waals surface area contributed by atoms with Gasteiger partial charge in [-0.2, -0.15) is 24.3 Å². The van der Waals surface area contributed by atoms with Gasteiger partial charge in [0, 0.05) is 21.2 Å². The smallest absolute Gasteiger partial charge is 0.496 e. The average molecular weight is 674 g/mol. The Labute approximate surface area is 279 Å². The summed E-state index contributed by atoms with van der Waals surface area (Å²) in [4.78, 5) is 0. The van der Waals surface area contributed by atoms with Gasteiger partial charge in [0.1, 0.15) is 23.0 Å². The number of hydrogen-bond acceptors (Lipinski definition) is 4. The second-order valence-electron chi connectivity index (χ2n) is 9.64. The second-order valence-corrected chi connectivity index (χ2v) is 13.9. The maximum absolute atomic E-state index is 5.59. The van der Waals surface area contributed by atoms with Gasteiger partial charge in [-0.25, -0.2) is 24.3 Å². The van der Waals surface area contributed by atoms with E-state index in [1.807, 2.05) is 48.5 Å². The van der Waals surface area contributed by atoms with E-state index in [2.05, 4.69) is 97.1 Å². The summed E-state index contributed by atoms with van der Waals surface area (Å²) in [5.74, 6) is 3.67. The van der Waals surface area contributed by atoms with Crippen molar-refractivity contribution < 1.29 is 36.0 Å². The molecule has 4 nitrogen and oxygen atoms in total. The molecule has 0 unspecified atom stereocenters. The molecule has 0 heterocycles. The third-order valence-corrected chi connectivity index (χ3v) is 12.1. The molecule has 0 aliphatic carbocycles. The average Bonchev–Trinajstić information content (AvgIpc) is 3.82. The van der Waals surface area contributed by atoms with Crippen LogP contribution in [0.25, 0.3) is 0 Å². The van der Waals surface area contributed by atoms with E-state index in [-0.39, 0.29) is 17.1 Å². The van der Waals surface area contributed by atoms with Crippen molar-refractivity contribution in [3.63, 3.8) is 0 Å². The summed E-state index contributed by atoms with van der Waals surface area (Å²) in [6, 6.07) is 49.9. The van der Waals surface area contributed by atoms with Crippen LogP contribution in [-0.4, -0.2) is 28.4 Å². The Kier molecular flexibility index (Phi) is 12.9. The van der Waals surface area contributed by atoms with Crippen LogP contribution in [0.2, 0.25) is 0 Å². The summed E-state index contributed by atoms with van der Waals surface area (Å²) >= 11 is 0. The number of benzene rings is 4. The largest absolute Gasteiger partial charge is 2.00 e. The molecule has 0 N–H and O–H groups in total. The van der Waals surface area contributed by atoms with Crippen molar-refractivity contribution >= 4 is 47.7 Å². The number of ether oxygens (including phenoxy) is 4. The molecule has 0 atom stereocenters. The van der Waals surface area contributed by atoms with Crippen molar-refractivity contribution in [2.45, 2.75) is 0 Å². The fourth-order valence-corrected chi connectivity index (χ4v) is 10.2. The Hall–Kier alpha value is -3.84. The van der Waals surface area contributed by atoms with Crippen LogP contribution in [-0.2, 0) is 17.1 Å². The van der Waals surface area contributed by atoms with Crippen LogP contribution in [0.15, 0.2) is 146 Å². The first kappa shape index (κ1) is 34.0. The summed E-state index contributed by atoms with van der Waals surface area (Å²) < 4.78 is 22.4. The summed E-state index contributed by atoms with van der Waals surface area (Å²) in [7, 11) is 5.46. The van der Waals surface area contributed by atoms with Crippen molar-refractivity contribution in [1.29, 1.82) is 0 Å². The first-order valence-corrected chi connectivity index (χ1v) is 16.9. The van der Waals surface area contributed by atoms with Gasteiger partial charge in [0.25, 0.3) is 0 Å². The number of para-hydroxylation sites is 4. The van der Waals surface area contributed by atoms with Crippen LogP contribution in [0.4, 0.5) is 0 Å². The predicted molar refractivity (Wildman–Crippen MR) is 188 cm³/mol. The van der Waals surface area contributed by atoms with Gasteiger partial charge in [-0.15, -0.1) is 10.6 Å². The first-order valence-electron chi connectivity index (χ1n) is 14.3. The minimum Gasteiger partial charge on any atom is -0.496 e. The normalized spacial score (nSPS) is 10.4. The Balaban J connectivity index is 0.000000200. The van der Waals surface area contributed by atoms with Gasteiger partial charge >= 0.3 is 17.1 Å². The molecule has 45 heavy (non-hydrogen) atoms. The Morgan fingerprint density at radius 2 is 0.644 bits per heavy atom. The molecule has 0 radical (unpaired) electrons. The van der Waals surface area contributed by atoms with E-state index in [1.165, 1.54) is 31.8 Å². The van der Waals surface area contributed by atoms with Crippen molar-refractivity contribution in [2.24, 2.45) is 0 Å². The molecule has 6 aromatic rings. The van der Waals surface area contributed by atoms with E-state index < -0.39 is 15.8 Å². The molecular formula is C38H36FeO4P2. The van der Waals surface area contributed by atoms with Gasteiger partial charge in [-0.3, -0.25) is 0 Å². The Bertz CT molecular complexity index is 1510. The molecule has 6 aromatic carbocycles. The molecule has 0 saturated carbocycles. The standard InChI is InChI=1S/2C19H18O2P.Fe/c2*1-20-16-11-5-7-13-18(16)22(15-9-3-4-10-15)19-14-8-6-12-17(19)21-2;/h2*3-14H,1-2H3;/q2*-1;+2. The minimum absolute atomic E-state index is 0. The minimum atomic E-state index is -0.712. The van der Waals surface area contributed by atoms with Gasteiger partial charge < -0.3 is 18.9 Å². The Morgan fingerprint density at radius 3 is 0.867 bits per heavy atom. The number of hydrogen-bond donors (Lipinski definition) is 0. The molecule has 7 heteroatoms. The molecule has 0 saturated heterocycles. The number of rotatable bonds is 10. The maximum Gasteiger partial charge on any atom is 2.00 e. The van der Waals surface area contributed by atoms with E-state index in [1.54, 1.807) is 28.4 Å². The zero-order valence-electron chi connectivity index (χ0n) is 25.7. The predicted octanol–water partition coefficient (Wildman–Crippen LogP) is 6.36. The molecule has 0 aliphatic heterocycles. The van der Waals surface area contributed by atoms with Crippen LogP contribution >= 0.6 is 15.8 Å². The fourth-order valence-electron chi connectivity index (χ4n) is 5.10. The van der Waals surface area contributed by atoms with Crippen LogP contribution in [0, 0.1) is 0 Å². The summed E-state index contributed by atoms with van der Waals surface area (Å²) in [5, 5.41) is 7.41. The van der Waals surface area contributed by atoms with Gasteiger partial charge in [0.15, 0.2) is 0 Å². The molecule has 230 valence electrons. The molecule has 6 rings (SSSR count). The van der Waals surface area contributed by atoms with Crippen molar-refractivity contribution in [3.8, 4) is 23.0 Å². The van der Waals surface area contributed by atoms with Gasteiger partial charge in [-0.1, -0.05) is 72.8 Å². The molecule has 0 aromatic heterocycles. The SMILES string of the molecule is COc1ccccc1P(c1ccc[cH-]1)c1ccccc1OC.COc1ccccc1P(c1ccc[cH-]1)c1ccccc1OC.[Fe+2]. The molecule has 0 fully saturated rings. The Morgan fingerprint density at radius 1 is 0.378 bits per heavy atom. The monoisotopic (exact) mass is 674 g/mol.